The van der Waals surface area contributed by atoms with E-state index in [4.69, 9.17) is 0 Å². The third-order valence-electron chi connectivity index (χ3n) is 2.92. The topological polar surface area (TPSA) is 0 Å². The minimum absolute atomic E-state index is 0.202. The predicted octanol–water partition coefficient (Wildman–Crippen LogP) is 5.12. The fourth-order valence-corrected chi connectivity index (χ4v) is 1.79. The molecule has 0 amide bonds. The van der Waals surface area contributed by atoms with Gasteiger partial charge < -0.3 is 0 Å². The van der Waals surface area contributed by atoms with Gasteiger partial charge in [0, 0.05) is 0 Å². The molecule has 0 fully saturated rings. The van der Waals surface area contributed by atoms with E-state index in [0.29, 0.717) is 5.92 Å². The lowest BCUT2D eigenvalue weighted by atomic mass is 10.0. The molecule has 0 bridgehead atoms. The van der Waals surface area contributed by atoms with Crippen LogP contribution in [0.15, 0.2) is 48.5 Å². The van der Waals surface area contributed by atoms with Crippen LogP contribution in [0.5, 0.6) is 0 Å². The molecule has 1 heteroatoms. The number of hydrogen-bond acceptors (Lipinski definition) is 0. The number of rotatable bonds is 3. The first-order valence-corrected chi connectivity index (χ1v) is 6.19. The van der Waals surface area contributed by atoms with Crippen LogP contribution in [0.25, 0.3) is 12.2 Å². The first kappa shape index (κ1) is 12.6. The molecular formula is C17H17F. The predicted molar refractivity (Wildman–Crippen MR) is 75.9 cm³/mol. The Hall–Kier alpha value is -1.89. The molecule has 0 N–H and O–H groups in total. The van der Waals surface area contributed by atoms with E-state index >= 15 is 0 Å². The molecule has 0 aromatic heterocycles. The van der Waals surface area contributed by atoms with Gasteiger partial charge in [0.1, 0.15) is 5.82 Å². The maximum atomic E-state index is 13.0. The summed E-state index contributed by atoms with van der Waals surface area (Å²) in [7, 11) is 0. The summed E-state index contributed by atoms with van der Waals surface area (Å²) in [6.45, 7) is 4.36. The van der Waals surface area contributed by atoms with Crippen molar-refractivity contribution in [2.45, 2.75) is 19.8 Å². The highest BCUT2D eigenvalue weighted by Gasteiger charge is 1.97. The lowest BCUT2D eigenvalue weighted by molar-refractivity contribution is 0.627. The SMILES string of the molecule is CC(C)c1ccc(C=Cc2cccc(F)c2)cc1. The van der Waals surface area contributed by atoms with E-state index in [1.54, 1.807) is 6.07 Å². The van der Waals surface area contributed by atoms with Gasteiger partial charge in [-0.1, -0.05) is 62.4 Å². The van der Waals surface area contributed by atoms with Gasteiger partial charge in [0.15, 0.2) is 0 Å². The molecule has 92 valence electrons. The zero-order valence-corrected chi connectivity index (χ0v) is 10.7. The summed E-state index contributed by atoms with van der Waals surface area (Å²) in [6, 6.07) is 15.0. The number of benzene rings is 2. The van der Waals surface area contributed by atoms with Crippen LogP contribution in [0.1, 0.15) is 36.5 Å². The molecule has 0 spiro atoms. The summed E-state index contributed by atoms with van der Waals surface area (Å²) in [5, 5.41) is 0. The molecule has 0 heterocycles. The first-order chi connectivity index (χ1) is 8.65. The maximum absolute atomic E-state index is 13.0. The second kappa shape index (κ2) is 5.63. The van der Waals surface area contributed by atoms with E-state index in [2.05, 4.69) is 38.1 Å². The second-order valence-electron chi connectivity index (χ2n) is 4.71. The Morgan fingerprint density at radius 3 is 2.17 bits per heavy atom. The fraction of sp³-hybridized carbons (Fsp3) is 0.176. The van der Waals surface area contributed by atoms with Crippen LogP contribution in [0.4, 0.5) is 4.39 Å². The molecule has 0 aliphatic carbocycles. The fourth-order valence-electron chi connectivity index (χ4n) is 1.79. The third-order valence-corrected chi connectivity index (χ3v) is 2.92. The van der Waals surface area contributed by atoms with E-state index in [1.165, 1.54) is 17.7 Å². The number of halogens is 1. The highest BCUT2D eigenvalue weighted by Crippen LogP contribution is 2.16. The van der Waals surface area contributed by atoms with Crippen molar-refractivity contribution >= 4 is 12.2 Å². The smallest absolute Gasteiger partial charge is 0.123 e. The average Bonchev–Trinajstić information content (AvgIpc) is 2.37. The molecule has 0 atom stereocenters. The van der Waals surface area contributed by atoms with E-state index in [1.807, 2.05) is 18.2 Å². The molecule has 2 aromatic rings. The molecule has 0 nitrogen and oxygen atoms in total. The quantitative estimate of drug-likeness (QED) is 0.653. The highest BCUT2D eigenvalue weighted by atomic mass is 19.1. The third kappa shape index (κ3) is 3.30. The lowest BCUT2D eigenvalue weighted by Crippen LogP contribution is -1.85. The molecule has 18 heavy (non-hydrogen) atoms. The Kier molecular flexibility index (Phi) is 3.93. The molecular weight excluding hydrogens is 223 g/mol. The molecule has 0 aliphatic rings. The first-order valence-electron chi connectivity index (χ1n) is 6.19. The molecule has 0 unspecified atom stereocenters. The standard InChI is InChI=1S/C17H17F/c1-13(2)16-10-8-14(9-11-16)6-7-15-4-3-5-17(18)12-15/h3-13H,1-2H3. The van der Waals surface area contributed by atoms with Crippen LogP contribution >= 0.6 is 0 Å². The summed E-state index contributed by atoms with van der Waals surface area (Å²) in [6.07, 6.45) is 3.92. The van der Waals surface area contributed by atoms with Crippen LogP contribution < -0.4 is 0 Å². The zero-order chi connectivity index (χ0) is 13.0. The van der Waals surface area contributed by atoms with E-state index in [0.717, 1.165) is 11.1 Å². The van der Waals surface area contributed by atoms with Crippen molar-refractivity contribution in [3.8, 4) is 0 Å². The van der Waals surface area contributed by atoms with Gasteiger partial charge >= 0.3 is 0 Å². The van der Waals surface area contributed by atoms with E-state index in [9.17, 15) is 4.39 Å². The summed E-state index contributed by atoms with van der Waals surface area (Å²) >= 11 is 0. The van der Waals surface area contributed by atoms with Gasteiger partial charge in [-0.25, -0.2) is 4.39 Å². The molecule has 2 rings (SSSR count). The number of hydrogen-bond donors (Lipinski definition) is 0. The Morgan fingerprint density at radius 1 is 0.889 bits per heavy atom. The van der Waals surface area contributed by atoms with Crippen molar-refractivity contribution in [2.24, 2.45) is 0 Å². The summed E-state index contributed by atoms with van der Waals surface area (Å²) < 4.78 is 13.0. The lowest BCUT2D eigenvalue weighted by Gasteiger charge is -2.04. The van der Waals surface area contributed by atoms with Crippen molar-refractivity contribution in [3.05, 3.63) is 71.0 Å². The van der Waals surface area contributed by atoms with Gasteiger partial charge in [0.05, 0.1) is 0 Å². The Morgan fingerprint density at radius 2 is 1.56 bits per heavy atom. The summed E-state index contributed by atoms with van der Waals surface area (Å²) in [5.41, 5.74) is 3.34. The van der Waals surface area contributed by atoms with Crippen LogP contribution in [-0.4, -0.2) is 0 Å². The van der Waals surface area contributed by atoms with Crippen molar-refractivity contribution in [1.29, 1.82) is 0 Å². The molecule has 0 radical (unpaired) electrons. The van der Waals surface area contributed by atoms with Crippen LogP contribution in [0, 0.1) is 5.82 Å². The molecule has 0 saturated carbocycles. The molecule has 0 saturated heterocycles. The van der Waals surface area contributed by atoms with Crippen molar-refractivity contribution in [1.82, 2.24) is 0 Å². The Bertz CT molecular complexity index is 536. The maximum Gasteiger partial charge on any atom is 0.123 e. The van der Waals surface area contributed by atoms with Gasteiger partial charge in [0.25, 0.3) is 0 Å². The minimum atomic E-state index is -0.202. The largest absolute Gasteiger partial charge is 0.207 e. The summed E-state index contributed by atoms with van der Waals surface area (Å²) in [4.78, 5) is 0. The monoisotopic (exact) mass is 240 g/mol. The van der Waals surface area contributed by atoms with Crippen LogP contribution in [0.3, 0.4) is 0 Å². The molecule has 0 aliphatic heterocycles. The van der Waals surface area contributed by atoms with Crippen LogP contribution in [0.2, 0.25) is 0 Å². The van der Waals surface area contributed by atoms with Crippen molar-refractivity contribution < 1.29 is 4.39 Å². The van der Waals surface area contributed by atoms with Gasteiger partial charge in [-0.05, 0) is 34.7 Å². The Labute approximate surface area is 108 Å². The van der Waals surface area contributed by atoms with E-state index in [-0.39, 0.29) is 5.82 Å². The summed E-state index contributed by atoms with van der Waals surface area (Å²) in [5.74, 6) is 0.346. The molecule has 2 aromatic carbocycles. The van der Waals surface area contributed by atoms with Gasteiger partial charge in [-0.15, -0.1) is 0 Å². The zero-order valence-electron chi connectivity index (χ0n) is 10.7. The van der Waals surface area contributed by atoms with Gasteiger partial charge in [0.2, 0.25) is 0 Å². The van der Waals surface area contributed by atoms with Crippen molar-refractivity contribution in [2.75, 3.05) is 0 Å². The minimum Gasteiger partial charge on any atom is -0.207 e. The van der Waals surface area contributed by atoms with Gasteiger partial charge in [-0.3, -0.25) is 0 Å². The van der Waals surface area contributed by atoms with Crippen LogP contribution in [-0.2, 0) is 0 Å². The van der Waals surface area contributed by atoms with Gasteiger partial charge in [-0.2, -0.15) is 0 Å². The normalized spacial score (nSPS) is 11.3. The highest BCUT2D eigenvalue weighted by molar-refractivity contribution is 5.69. The second-order valence-corrected chi connectivity index (χ2v) is 4.71. The van der Waals surface area contributed by atoms with E-state index < -0.39 is 0 Å². The van der Waals surface area contributed by atoms with Crippen molar-refractivity contribution in [3.63, 3.8) is 0 Å². The Balaban J connectivity index is 2.14. The average molecular weight is 240 g/mol.